The Balaban J connectivity index is 2.70. The van der Waals surface area contributed by atoms with Crippen LogP contribution >= 0.6 is 0 Å². The first-order chi connectivity index (χ1) is 5.84. The summed E-state index contributed by atoms with van der Waals surface area (Å²) >= 11 is 0. The molecule has 5 heteroatoms. The van der Waals surface area contributed by atoms with E-state index in [0.717, 1.165) is 0 Å². The van der Waals surface area contributed by atoms with Gasteiger partial charge >= 0.3 is 0 Å². The molecule has 0 saturated carbocycles. The fourth-order valence-electron chi connectivity index (χ4n) is 0.920. The topological polar surface area (TPSA) is 90.2 Å². The molecule has 4 N–H and O–H groups in total. The number of aliphatic hydroxyl groups is 4. The zero-order valence-electron chi connectivity index (χ0n) is 7.71. The van der Waals surface area contributed by atoms with Crippen molar-refractivity contribution < 1.29 is 27.9 Å². The van der Waals surface area contributed by atoms with Crippen LogP contribution in [0.25, 0.3) is 0 Å². The fourth-order valence-corrected chi connectivity index (χ4v) is 0.920. The minimum atomic E-state index is -2.74. The molecule has 1 saturated heterocycles. The number of aliphatic hydroxyl groups excluding tert-OH is 3. The molecule has 0 aromatic heterocycles. The third-order valence-electron chi connectivity index (χ3n) is 1.63. The molecule has 0 unspecified atom stereocenters. The number of hydrogen-bond acceptors (Lipinski definition) is 5. The molecule has 5 nitrogen and oxygen atoms in total. The number of rotatable bonds is 1. The lowest BCUT2D eigenvalue weighted by atomic mass is 10.0. The van der Waals surface area contributed by atoms with E-state index in [-0.39, 0.29) is 6.61 Å². The van der Waals surface area contributed by atoms with Crippen LogP contribution in [0.15, 0.2) is 0 Å². The predicted molar refractivity (Wildman–Crippen MR) is 34.8 cm³/mol. The average molecular weight is 166 g/mol. The lowest BCUT2D eigenvalue weighted by Gasteiger charge is -2.34. The summed E-state index contributed by atoms with van der Waals surface area (Å²) in [6.45, 7) is -3.05. The average Bonchev–Trinajstić information content (AvgIpc) is 1.98. The lowest BCUT2D eigenvalue weighted by Crippen LogP contribution is -2.53. The van der Waals surface area contributed by atoms with Gasteiger partial charge < -0.3 is 25.2 Å². The zero-order chi connectivity index (χ0) is 10.2. The fraction of sp³-hybridized carbons (Fsp3) is 1.00. The molecule has 0 aromatic rings. The maximum atomic E-state index is 9.21. The van der Waals surface area contributed by atoms with Crippen molar-refractivity contribution >= 4 is 0 Å². The summed E-state index contributed by atoms with van der Waals surface area (Å²) in [6, 6.07) is 0. The van der Waals surface area contributed by atoms with Gasteiger partial charge in [-0.25, -0.2) is 0 Å². The van der Waals surface area contributed by atoms with E-state index in [1.165, 1.54) is 0 Å². The molecule has 1 aliphatic heterocycles. The van der Waals surface area contributed by atoms with Crippen LogP contribution in [-0.4, -0.2) is 58.0 Å². The molecule has 1 fully saturated rings. The minimum Gasteiger partial charge on any atom is -0.394 e. The van der Waals surface area contributed by atoms with E-state index in [2.05, 4.69) is 4.74 Å². The molecule has 4 atom stereocenters. The Kier molecular flexibility index (Phi) is 1.99. The highest BCUT2D eigenvalue weighted by molar-refractivity contribution is 4.85. The van der Waals surface area contributed by atoms with Crippen molar-refractivity contribution in [2.45, 2.75) is 24.4 Å². The van der Waals surface area contributed by atoms with Gasteiger partial charge in [0.25, 0.3) is 0 Å². The van der Waals surface area contributed by atoms with Gasteiger partial charge in [-0.3, -0.25) is 0 Å². The van der Waals surface area contributed by atoms with Gasteiger partial charge in [0.15, 0.2) is 0 Å². The molecule has 1 heterocycles. The van der Waals surface area contributed by atoms with Crippen molar-refractivity contribution in [3.63, 3.8) is 0 Å². The van der Waals surface area contributed by atoms with Crippen molar-refractivity contribution in [2.75, 3.05) is 13.2 Å². The van der Waals surface area contributed by atoms with E-state index in [1.807, 2.05) is 0 Å². The number of hydrogen-bond donors (Lipinski definition) is 4. The van der Waals surface area contributed by atoms with E-state index < -0.39 is 31.0 Å². The van der Waals surface area contributed by atoms with Gasteiger partial charge in [-0.05, 0) is 0 Å². The second kappa shape index (κ2) is 3.46. The van der Waals surface area contributed by atoms with Crippen LogP contribution in [0.1, 0.15) is 2.74 Å². The molecule has 1 rings (SSSR count). The second-order valence-electron chi connectivity index (χ2n) is 2.43. The Labute approximate surface area is 66.7 Å². The molecule has 0 amide bonds. The largest absolute Gasteiger partial charge is 0.394 e. The van der Waals surface area contributed by atoms with E-state index in [9.17, 15) is 5.11 Å². The van der Waals surface area contributed by atoms with Crippen molar-refractivity contribution in [3.8, 4) is 0 Å². The minimum absolute atomic E-state index is 0.317. The summed E-state index contributed by atoms with van der Waals surface area (Å²) in [4.78, 5) is 0. The van der Waals surface area contributed by atoms with E-state index >= 15 is 0 Å². The summed E-state index contributed by atoms with van der Waals surface area (Å²) in [5.41, 5.74) is 0. The molecule has 0 spiro atoms. The third kappa shape index (κ3) is 1.69. The molecular formula is C6H12O5. The molecule has 0 aliphatic carbocycles. The lowest BCUT2D eigenvalue weighted by molar-refractivity contribution is -0.195. The second-order valence-corrected chi connectivity index (χ2v) is 2.43. The Bertz CT molecular complexity index is 182. The van der Waals surface area contributed by atoms with Gasteiger partial charge in [0, 0.05) is 0 Å². The van der Waals surface area contributed by atoms with Crippen LogP contribution in [0.3, 0.4) is 0 Å². The van der Waals surface area contributed by atoms with Gasteiger partial charge in [-0.1, -0.05) is 0 Å². The summed E-state index contributed by atoms with van der Waals surface area (Å²) in [5, 5.41) is 36.2. The Morgan fingerprint density at radius 1 is 1.36 bits per heavy atom. The highest BCUT2D eigenvalue weighted by Crippen LogP contribution is 2.14. The summed E-state index contributed by atoms with van der Waals surface area (Å²) < 4.78 is 18.4. The standard InChI is InChI=1S/C6H12O5/c7-1-4-6(10)5(9)3(8)2-11-4/h3-10H,1-2H2/t3-,4+,5+,6+/m0/s1/i1D2. The molecule has 66 valence electrons. The Morgan fingerprint density at radius 2 is 2.00 bits per heavy atom. The SMILES string of the molecule is [2H]C([2H])(O)[C@H]1OC[C@H](O)[C@@H](O)[C@@H]1O. The van der Waals surface area contributed by atoms with Crippen LogP contribution in [0.2, 0.25) is 0 Å². The van der Waals surface area contributed by atoms with Gasteiger partial charge in [0.1, 0.15) is 24.4 Å². The van der Waals surface area contributed by atoms with Gasteiger partial charge in [0.2, 0.25) is 0 Å². The van der Waals surface area contributed by atoms with Crippen molar-refractivity contribution in [1.29, 1.82) is 0 Å². The van der Waals surface area contributed by atoms with Crippen molar-refractivity contribution in [3.05, 3.63) is 0 Å². The highest BCUT2D eigenvalue weighted by Gasteiger charge is 2.36. The van der Waals surface area contributed by atoms with Crippen LogP contribution in [0, 0.1) is 0 Å². The molecule has 0 radical (unpaired) electrons. The highest BCUT2D eigenvalue weighted by atomic mass is 16.5. The molecule has 11 heavy (non-hydrogen) atoms. The van der Waals surface area contributed by atoms with Crippen LogP contribution in [0.4, 0.5) is 0 Å². The molecule has 0 aromatic carbocycles. The zero-order valence-corrected chi connectivity index (χ0v) is 5.71. The van der Waals surface area contributed by atoms with E-state index in [0.29, 0.717) is 0 Å². The first-order valence-corrected chi connectivity index (χ1v) is 3.22. The molecule has 0 bridgehead atoms. The van der Waals surface area contributed by atoms with E-state index in [4.69, 9.17) is 18.1 Å². The quantitative estimate of drug-likeness (QED) is 0.344. The Hall–Kier alpha value is -0.200. The van der Waals surface area contributed by atoms with Gasteiger partial charge in [0.05, 0.1) is 15.9 Å². The normalized spacial score (nSPS) is 49.8. The summed E-state index contributed by atoms with van der Waals surface area (Å²) in [6.07, 6.45) is -5.93. The summed E-state index contributed by atoms with van der Waals surface area (Å²) in [5.74, 6) is 0. The Morgan fingerprint density at radius 3 is 2.55 bits per heavy atom. The monoisotopic (exact) mass is 166 g/mol. The van der Waals surface area contributed by atoms with Gasteiger partial charge in [-0.15, -0.1) is 0 Å². The maximum Gasteiger partial charge on any atom is 0.111 e. The van der Waals surface area contributed by atoms with Crippen molar-refractivity contribution in [1.82, 2.24) is 0 Å². The van der Waals surface area contributed by atoms with Crippen LogP contribution in [0.5, 0.6) is 0 Å². The first-order valence-electron chi connectivity index (χ1n) is 4.22. The van der Waals surface area contributed by atoms with Gasteiger partial charge in [-0.2, -0.15) is 0 Å². The molecule has 1 aliphatic rings. The first kappa shape index (κ1) is 6.33. The third-order valence-corrected chi connectivity index (χ3v) is 1.63. The smallest absolute Gasteiger partial charge is 0.111 e. The van der Waals surface area contributed by atoms with Crippen LogP contribution in [-0.2, 0) is 4.74 Å². The summed E-state index contributed by atoms with van der Waals surface area (Å²) in [7, 11) is 0. The molecular weight excluding hydrogens is 152 g/mol. The van der Waals surface area contributed by atoms with Crippen molar-refractivity contribution in [2.24, 2.45) is 0 Å². The van der Waals surface area contributed by atoms with Crippen LogP contribution < -0.4 is 0 Å². The predicted octanol–water partition coefficient (Wildman–Crippen LogP) is -2.54. The number of ether oxygens (including phenoxy) is 1. The van der Waals surface area contributed by atoms with E-state index in [1.54, 1.807) is 0 Å². The maximum absolute atomic E-state index is 9.21.